The smallest absolute Gasteiger partial charge is 0.270 e. The molecule has 2 rings (SSSR count). The Bertz CT molecular complexity index is 640. The molecule has 0 radical (unpaired) electrons. The first kappa shape index (κ1) is 12.6. The summed E-state index contributed by atoms with van der Waals surface area (Å²) < 4.78 is 0. The average Bonchev–Trinajstić information content (AvgIpc) is 2.39. The van der Waals surface area contributed by atoms with Crippen LogP contribution in [0.5, 0.6) is 5.75 Å². The minimum absolute atomic E-state index is 0.0249. The number of nitro groups is 1. The third kappa shape index (κ3) is 3.06. The molecule has 0 aliphatic heterocycles. The molecule has 0 spiro atoms. The first-order valence-electron chi connectivity index (χ1n) is 5.41. The Morgan fingerprint density at radius 1 is 1.16 bits per heavy atom. The van der Waals surface area contributed by atoms with E-state index in [0.717, 1.165) is 0 Å². The van der Waals surface area contributed by atoms with Crippen molar-refractivity contribution in [1.82, 2.24) is 0 Å². The number of hydrogen-bond donors (Lipinski definition) is 2. The number of amides is 1. The van der Waals surface area contributed by atoms with Crippen LogP contribution >= 0.6 is 0 Å². The Morgan fingerprint density at radius 3 is 2.58 bits per heavy atom. The highest BCUT2D eigenvalue weighted by molar-refractivity contribution is 6.04. The zero-order valence-corrected chi connectivity index (χ0v) is 9.74. The van der Waals surface area contributed by atoms with Crippen LogP contribution in [0.4, 0.5) is 11.4 Å². The number of anilines is 1. The van der Waals surface area contributed by atoms with E-state index in [4.69, 9.17) is 0 Å². The highest BCUT2D eigenvalue weighted by Crippen LogP contribution is 2.18. The number of nitro benzene ring substituents is 1. The van der Waals surface area contributed by atoms with Gasteiger partial charge in [-0.1, -0.05) is 12.1 Å². The van der Waals surface area contributed by atoms with Crippen LogP contribution in [0.1, 0.15) is 10.4 Å². The van der Waals surface area contributed by atoms with Gasteiger partial charge in [0.15, 0.2) is 0 Å². The maximum atomic E-state index is 11.9. The summed E-state index contributed by atoms with van der Waals surface area (Å²) in [5.74, 6) is -0.453. The minimum Gasteiger partial charge on any atom is -0.508 e. The van der Waals surface area contributed by atoms with E-state index in [-0.39, 0.29) is 17.0 Å². The molecule has 0 saturated heterocycles. The number of nitrogens with one attached hydrogen (secondary N) is 1. The van der Waals surface area contributed by atoms with Gasteiger partial charge in [-0.2, -0.15) is 0 Å². The molecular weight excluding hydrogens is 248 g/mol. The van der Waals surface area contributed by atoms with Gasteiger partial charge in [-0.05, 0) is 18.2 Å². The summed E-state index contributed by atoms with van der Waals surface area (Å²) >= 11 is 0. The highest BCUT2D eigenvalue weighted by atomic mass is 16.6. The highest BCUT2D eigenvalue weighted by Gasteiger charge is 2.11. The number of non-ortho nitro benzene ring substituents is 1. The molecule has 6 heteroatoms. The molecule has 0 saturated carbocycles. The maximum absolute atomic E-state index is 11.9. The summed E-state index contributed by atoms with van der Waals surface area (Å²) in [6, 6.07) is 11.5. The predicted molar refractivity (Wildman–Crippen MR) is 69.2 cm³/mol. The SMILES string of the molecule is O=C(Nc1cccc(O)c1)c1cccc([N+](=O)[O-])c1. The number of carbonyl (C=O) groups is 1. The Balaban J connectivity index is 2.20. The zero-order valence-electron chi connectivity index (χ0n) is 9.74. The van der Waals surface area contributed by atoms with Gasteiger partial charge in [-0.25, -0.2) is 0 Å². The molecule has 0 heterocycles. The topological polar surface area (TPSA) is 92.5 Å². The lowest BCUT2D eigenvalue weighted by molar-refractivity contribution is -0.384. The number of carbonyl (C=O) groups excluding carboxylic acids is 1. The molecule has 2 aromatic carbocycles. The summed E-state index contributed by atoms with van der Waals surface area (Å²) in [6.07, 6.45) is 0. The number of hydrogen-bond acceptors (Lipinski definition) is 4. The fourth-order valence-electron chi connectivity index (χ4n) is 1.55. The molecule has 19 heavy (non-hydrogen) atoms. The quantitative estimate of drug-likeness (QED) is 0.653. The van der Waals surface area contributed by atoms with Crippen molar-refractivity contribution in [3.05, 3.63) is 64.2 Å². The van der Waals surface area contributed by atoms with Crippen LogP contribution in [0.25, 0.3) is 0 Å². The van der Waals surface area contributed by atoms with Gasteiger partial charge in [0, 0.05) is 29.4 Å². The van der Waals surface area contributed by atoms with E-state index in [0.29, 0.717) is 5.69 Å². The number of nitrogens with zero attached hydrogens (tertiary/aromatic N) is 1. The monoisotopic (exact) mass is 258 g/mol. The first-order valence-corrected chi connectivity index (χ1v) is 5.41. The second-order valence-corrected chi connectivity index (χ2v) is 3.81. The molecule has 2 aromatic rings. The molecule has 0 atom stereocenters. The van der Waals surface area contributed by atoms with Gasteiger partial charge in [-0.15, -0.1) is 0 Å². The summed E-state index contributed by atoms with van der Waals surface area (Å²) in [5.41, 5.74) is 0.442. The van der Waals surface area contributed by atoms with Gasteiger partial charge in [0.1, 0.15) is 5.75 Å². The van der Waals surface area contributed by atoms with Crippen LogP contribution in [0, 0.1) is 10.1 Å². The molecule has 96 valence electrons. The lowest BCUT2D eigenvalue weighted by Crippen LogP contribution is -2.11. The molecule has 0 fully saturated rings. The summed E-state index contributed by atoms with van der Waals surface area (Å²) in [5, 5.41) is 22.4. The minimum atomic E-state index is -0.564. The van der Waals surface area contributed by atoms with E-state index in [1.54, 1.807) is 12.1 Å². The molecule has 0 aliphatic rings. The van der Waals surface area contributed by atoms with Gasteiger partial charge >= 0.3 is 0 Å². The van der Waals surface area contributed by atoms with Crippen LogP contribution < -0.4 is 5.32 Å². The summed E-state index contributed by atoms with van der Waals surface area (Å²) in [7, 11) is 0. The Kier molecular flexibility index (Phi) is 3.42. The second-order valence-electron chi connectivity index (χ2n) is 3.81. The van der Waals surface area contributed by atoms with E-state index < -0.39 is 10.8 Å². The van der Waals surface area contributed by atoms with Crippen LogP contribution in [-0.4, -0.2) is 15.9 Å². The van der Waals surface area contributed by atoms with Gasteiger partial charge < -0.3 is 10.4 Å². The fourth-order valence-corrected chi connectivity index (χ4v) is 1.55. The van der Waals surface area contributed by atoms with Crippen molar-refractivity contribution >= 4 is 17.3 Å². The Labute approximate surface area is 108 Å². The number of aromatic hydroxyl groups is 1. The molecule has 0 aromatic heterocycles. The lowest BCUT2D eigenvalue weighted by atomic mass is 10.2. The number of phenols is 1. The Morgan fingerprint density at radius 2 is 1.89 bits per heavy atom. The van der Waals surface area contributed by atoms with Crippen molar-refractivity contribution in [3.63, 3.8) is 0 Å². The molecule has 0 aliphatic carbocycles. The zero-order chi connectivity index (χ0) is 13.8. The fraction of sp³-hybridized carbons (Fsp3) is 0. The average molecular weight is 258 g/mol. The van der Waals surface area contributed by atoms with Gasteiger partial charge in [0.05, 0.1) is 4.92 Å². The summed E-state index contributed by atoms with van der Waals surface area (Å²) in [6.45, 7) is 0. The van der Waals surface area contributed by atoms with Crippen molar-refractivity contribution in [2.24, 2.45) is 0 Å². The predicted octanol–water partition coefficient (Wildman–Crippen LogP) is 2.55. The first-order chi connectivity index (χ1) is 9.06. The molecule has 0 unspecified atom stereocenters. The Hall–Kier alpha value is -2.89. The van der Waals surface area contributed by atoms with Crippen molar-refractivity contribution in [2.75, 3.05) is 5.32 Å². The lowest BCUT2D eigenvalue weighted by Gasteiger charge is -2.05. The third-order valence-electron chi connectivity index (χ3n) is 2.42. The number of phenolic OH excluding ortho intramolecular Hbond substituents is 1. The van der Waals surface area contributed by atoms with Crippen LogP contribution in [0.3, 0.4) is 0 Å². The summed E-state index contributed by atoms with van der Waals surface area (Å²) in [4.78, 5) is 21.9. The van der Waals surface area contributed by atoms with E-state index in [1.165, 1.54) is 36.4 Å². The van der Waals surface area contributed by atoms with E-state index in [9.17, 15) is 20.0 Å². The van der Waals surface area contributed by atoms with E-state index >= 15 is 0 Å². The molecular formula is C13H10N2O4. The van der Waals surface area contributed by atoms with Gasteiger partial charge in [0.2, 0.25) is 0 Å². The van der Waals surface area contributed by atoms with Crippen molar-refractivity contribution < 1.29 is 14.8 Å². The molecule has 1 amide bonds. The standard InChI is InChI=1S/C13H10N2O4/c16-12-6-2-4-10(8-12)14-13(17)9-3-1-5-11(7-9)15(18)19/h1-8,16H,(H,14,17). The van der Waals surface area contributed by atoms with Gasteiger partial charge in [-0.3, -0.25) is 14.9 Å². The number of benzene rings is 2. The third-order valence-corrected chi connectivity index (χ3v) is 2.42. The van der Waals surface area contributed by atoms with Crippen LogP contribution in [0.15, 0.2) is 48.5 Å². The van der Waals surface area contributed by atoms with Crippen LogP contribution in [0.2, 0.25) is 0 Å². The molecule has 2 N–H and O–H groups in total. The second kappa shape index (κ2) is 5.18. The van der Waals surface area contributed by atoms with E-state index in [2.05, 4.69) is 5.32 Å². The molecule has 6 nitrogen and oxygen atoms in total. The largest absolute Gasteiger partial charge is 0.508 e. The van der Waals surface area contributed by atoms with Crippen molar-refractivity contribution in [1.29, 1.82) is 0 Å². The molecule has 0 bridgehead atoms. The maximum Gasteiger partial charge on any atom is 0.270 e. The van der Waals surface area contributed by atoms with Crippen LogP contribution in [-0.2, 0) is 0 Å². The van der Waals surface area contributed by atoms with Gasteiger partial charge in [0.25, 0.3) is 11.6 Å². The van der Waals surface area contributed by atoms with E-state index in [1.807, 2.05) is 0 Å². The van der Waals surface area contributed by atoms with Crippen molar-refractivity contribution in [2.45, 2.75) is 0 Å². The number of rotatable bonds is 3. The van der Waals surface area contributed by atoms with Crippen molar-refractivity contribution in [3.8, 4) is 5.75 Å². The normalized spacial score (nSPS) is 9.89.